The van der Waals surface area contributed by atoms with E-state index in [0.29, 0.717) is 50.7 Å². The van der Waals surface area contributed by atoms with E-state index >= 15 is 0 Å². The van der Waals surface area contributed by atoms with E-state index in [1.165, 1.54) is 19.3 Å². The molecule has 5 N–H and O–H groups in total. The van der Waals surface area contributed by atoms with Gasteiger partial charge in [-0.15, -0.1) is 0 Å². The van der Waals surface area contributed by atoms with Gasteiger partial charge in [0.15, 0.2) is 6.29 Å². The number of aliphatic hydroxyl groups excluding tert-OH is 1. The second-order valence-corrected chi connectivity index (χ2v) is 16.8. The van der Waals surface area contributed by atoms with Crippen LogP contribution in [0.1, 0.15) is 126 Å². The van der Waals surface area contributed by atoms with E-state index in [2.05, 4.69) is 27.7 Å². The molecular weight excluding hydrogens is 709 g/mol. The van der Waals surface area contributed by atoms with E-state index in [1.807, 2.05) is 81.4 Å². The molecule has 0 radical (unpaired) electrons. The molecule has 3 aromatic rings. The molecule has 3 aromatic carbocycles. The number of nitrogens with zero attached hydrogens (tertiary/aromatic N) is 1. The molecule has 0 aromatic heterocycles. The Balaban J connectivity index is 1.19. The van der Waals surface area contributed by atoms with Crippen LogP contribution >= 0.6 is 0 Å². The predicted octanol–water partition coefficient (Wildman–Crippen LogP) is 7.01. The number of piperidine rings is 1. The topological polar surface area (TPSA) is 149 Å². The highest BCUT2D eigenvalue weighted by molar-refractivity contribution is 5.82. The summed E-state index contributed by atoms with van der Waals surface area (Å²) < 4.78 is 13.6. The monoisotopic (exact) mass is 768 g/mol. The fraction of sp³-hybridized carbons (Fsp3) is 0.533. The molecule has 0 bridgehead atoms. The second-order valence-electron chi connectivity index (χ2n) is 16.8. The third kappa shape index (κ3) is 11.0. The summed E-state index contributed by atoms with van der Waals surface area (Å²) in [6.07, 6.45) is 7.80. The molecule has 11 heteroatoms. The Hall–Kier alpha value is -4.13. The number of hydrogen-bond donors (Lipinski definition) is 5. The van der Waals surface area contributed by atoms with E-state index in [1.54, 1.807) is 5.48 Å². The summed E-state index contributed by atoms with van der Waals surface area (Å²) in [7, 11) is 0. The minimum absolute atomic E-state index is 0.0229. The predicted molar refractivity (Wildman–Crippen MR) is 214 cm³/mol. The van der Waals surface area contributed by atoms with E-state index in [-0.39, 0.29) is 48.6 Å². The van der Waals surface area contributed by atoms with E-state index in [9.17, 15) is 19.5 Å². The van der Waals surface area contributed by atoms with Crippen LogP contribution in [0.15, 0.2) is 72.8 Å². The minimum atomic E-state index is -0.628. The molecule has 3 amide bonds. The Bertz CT molecular complexity index is 1760. The van der Waals surface area contributed by atoms with Gasteiger partial charge in [0.05, 0.1) is 24.9 Å². The van der Waals surface area contributed by atoms with E-state index < -0.39 is 12.2 Å². The molecule has 0 unspecified atom stereocenters. The minimum Gasteiger partial charge on any atom is -0.392 e. The summed E-state index contributed by atoms with van der Waals surface area (Å²) in [6.45, 7) is 7.11. The first-order valence-electron chi connectivity index (χ1n) is 20.5. The third-order valence-electron chi connectivity index (χ3n) is 11.5. The zero-order chi connectivity index (χ0) is 39.7. The highest BCUT2D eigenvalue weighted by Gasteiger charge is 2.44. The number of rotatable bonds is 14. The van der Waals surface area contributed by atoms with Gasteiger partial charge in [0.1, 0.15) is 0 Å². The van der Waals surface area contributed by atoms with Crippen molar-refractivity contribution in [3.05, 3.63) is 95.1 Å². The van der Waals surface area contributed by atoms with Crippen LogP contribution in [-0.4, -0.2) is 63.2 Å². The quantitative estimate of drug-likeness (QED) is 0.0669. The molecule has 1 aliphatic carbocycles. The van der Waals surface area contributed by atoms with Crippen molar-refractivity contribution in [1.29, 1.82) is 0 Å². The van der Waals surface area contributed by atoms with Crippen LogP contribution < -0.4 is 16.1 Å². The van der Waals surface area contributed by atoms with Crippen LogP contribution in [-0.2, 0) is 37.0 Å². The van der Waals surface area contributed by atoms with Crippen LogP contribution in [0.25, 0.3) is 11.1 Å². The average molecular weight is 769 g/mol. The number of carbonyl (C=O) groups excluding carboxylic acids is 3. The number of unbranched alkanes of at least 4 members (excludes halogenated alkanes) is 1. The second kappa shape index (κ2) is 19.3. The van der Waals surface area contributed by atoms with Crippen molar-refractivity contribution in [1.82, 2.24) is 21.0 Å². The molecule has 1 saturated carbocycles. The fourth-order valence-electron chi connectivity index (χ4n) is 8.68. The van der Waals surface area contributed by atoms with Crippen molar-refractivity contribution in [2.75, 3.05) is 6.54 Å². The standard InChI is InChI=1S/C45H60N4O7/c1-45(2,3)47-43(53)39-25-24-32-10-5-7-13-38(32)49(39)28-36-26-40(33-18-16-30(29-50)17-19-33)56-44(55-36)34-22-20-31(21-23-34)37-12-6-4-11-35(37)27-46-41(51)14-8-9-15-42(52)48-54/h4,6,11-12,16-23,32,36,38-40,44,50,54H,5,7-10,13-15,24-29H2,1-3H3,(H,46,51)(H,47,53)(H,48,52)/t32-,36-,38-,39-,40+,44+/m1/s1. The molecule has 11 nitrogen and oxygen atoms in total. The van der Waals surface area contributed by atoms with Crippen molar-refractivity contribution in [2.45, 2.75) is 141 Å². The van der Waals surface area contributed by atoms with Gasteiger partial charge < -0.3 is 25.2 Å². The maximum Gasteiger partial charge on any atom is 0.243 e. The molecule has 3 fully saturated rings. The number of fused-ring (bicyclic) bond motifs is 1. The lowest BCUT2D eigenvalue weighted by atomic mass is 9.75. The summed E-state index contributed by atoms with van der Waals surface area (Å²) in [5, 5.41) is 24.6. The van der Waals surface area contributed by atoms with Gasteiger partial charge in [-0.3, -0.25) is 24.5 Å². The number of carbonyl (C=O) groups is 3. The number of likely N-dealkylation sites (tertiary alicyclic amines) is 1. The molecule has 56 heavy (non-hydrogen) atoms. The number of nitrogens with one attached hydrogen (secondary N) is 3. The van der Waals surface area contributed by atoms with Gasteiger partial charge in [-0.2, -0.15) is 0 Å². The third-order valence-corrected chi connectivity index (χ3v) is 11.5. The van der Waals surface area contributed by atoms with Crippen molar-refractivity contribution in [3.8, 4) is 11.1 Å². The number of hydrogen-bond acceptors (Lipinski definition) is 8. The molecule has 2 saturated heterocycles. The first-order valence-corrected chi connectivity index (χ1v) is 20.5. The summed E-state index contributed by atoms with van der Waals surface area (Å²) in [5.41, 5.74) is 7.06. The largest absolute Gasteiger partial charge is 0.392 e. The summed E-state index contributed by atoms with van der Waals surface area (Å²) in [6, 6.07) is 24.3. The van der Waals surface area contributed by atoms with Crippen molar-refractivity contribution < 1.29 is 34.2 Å². The first-order chi connectivity index (χ1) is 27.0. The molecule has 6 rings (SSSR count). The highest BCUT2D eigenvalue weighted by Crippen LogP contribution is 2.42. The van der Waals surface area contributed by atoms with Crippen LogP contribution in [0.2, 0.25) is 0 Å². The zero-order valence-electron chi connectivity index (χ0n) is 33.2. The van der Waals surface area contributed by atoms with Crippen LogP contribution in [0, 0.1) is 5.92 Å². The summed E-state index contributed by atoms with van der Waals surface area (Å²) >= 11 is 0. The smallest absolute Gasteiger partial charge is 0.243 e. The number of amides is 3. The van der Waals surface area contributed by atoms with Crippen molar-refractivity contribution in [2.24, 2.45) is 5.92 Å². The maximum atomic E-state index is 13.8. The highest BCUT2D eigenvalue weighted by atomic mass is 16.7. The Kier molecular flexibility index (Phi) is 14.3. The van der Waals surface area contributed by atoms with Gasteiger partial charge in [0.2, 0.25) is 17.7 Å². The molecule has 302 valence electrons. The van der Waals surface area contributed by atoms with Crippen LogP contribution in [0.5, 0.6) is 0 Å². The fourth-order valence-corrected chi connectivity index (χ4v) is 8.68. The molecule has 0 spiro atoms. The SMILES string of the molecule is CC(C)(C)NC(=O)[C@H]1CC[C@H]2CCCC[C@H]2N1C[C@H]1C[C@@H](c2ccc(CO)cc2)O[C@@H](c2ccc(-c3ccccc3CNC(=O)CCCCC(=O)NO)cc2)O1. The van der Waals surface area contributed by atoms with Gasteiger partial charge in [-0.05, 0) is 93.0 Å². The number of benzene rings is 3. The lowest BCUT2D eigenvalue weighted by molar-refractivity contribution is -0.255. The Morgan fingerprint density at radius 3 is 2.23 bits per heavy atom. The van der Waals surface area contributed by atoms with Gasteiger partial charge in [-0.25, -0.2) is 5.48 Å². The van der Waals surface area contributed by atoms with Gasteiger partial charge in [0.25, 0.3) is 0 Å². The molecule has 2 aliphatic heterocycles. The maximum absolute atomic E-state index is 13.8. The number of aliphatic hydroxyl groups is 1. The van der Waals surface area contributed by atoms with Gasteiger partial charge >= 0.3 is 0 Å². The normalized spacial score (nSPS) is 24.2. The Labute approximate surface area is 331 Å². The summed E-state index contributed by atoms with van der Waals surface area (Å²) in [4.78, 5) is 40.1. The zero-order valence-corrected chi connectivity index (χ0v) is 33.2. The number of hydroxylamine groups is 1. The summed E-state index contributed by atoms with van der Waals surface area (Å²) in [5.74, 6) is 0.147. The molecule has 6 atom stereocenters. The van der Waals surface area contributed by atoms with Gasteiger partial charge in [0, 0.05) is 49.5 Å². The first kappa shape index (κ1) is 41.5. The van der Waals surface area contributed by atoms with Crippen LogP contribution in [0.3, 0.4) is 0 Å². The molecule has 3 aliphatic rings. The molecular formula is C45H60N4O7. The Morgan fingerprint density at radius 2 is 1.52 bits per heavy atom. The lowest BCUT2D eigenvalue weighted by Gasteiger charge is -2.50. The molecule has 2 heterocycles. The lowest BCUT2D eigenvalue weighted by Crippen LogP contribution is -2.61. The van der Waals surface area contributed by atoms with Gasteiger partial charge in [-0.1, -0.05) is 85.6 Å². The van der Waals surface area contributed by atoms with Crippen molar-refractivity contribution in [3.63, 3.8) is 0 Å². The van der Waals surface area contributed by atoms with E-state index in [0.717, 1.165) is 52.6 Å². The Morgan fingerprint density at radius 1 is 0.821 bits per heavy atom. The average Bonchev–Trinajstić information content (AvgIpc) is 3.21. The number of ether oxygens (including phenoxy) is 2. The van der Waals surface area contributed by atoms with E-state index in [4.69, 9.17) is 14.7 Å². The van der Waals surface area contributed by atoms with Crippen LogP contribution in [0.4, 0.5) is 0 Å². The van der Waals surface area contributed by atoms with Crippen molar-refractivity contribution >= 4 is 17.7 Å².